The number of pyridine rings is 1. The van der Waals surface area contributed by atoms with Gasteiger partial charge in [0.25, 0.3) is 0 Å². The molecule has 1 aliphatic carbocycles. The summed E-state index contributed by atoms with van der Waals surface area (Å²) in [7, 11) is 0. The molecule has 2 heterocycles. The number of halogens is 1. The molecule has 0 bridgehead atoms. The summed E-state index contributed by atoms with van der Waals surface area (Å²) in [5, 5.41) is 6.90. The lowest BCUT2D eigenvalue weighted by molar-refractivity contribution is -0.117. The highest BCUT2D eigenvalue weighted by atomic mass is 35.5. The molecule has 1 amide bonds. The molecule has 2 fully saturated rings. The Bertz CT molecular complexity index is 506. The standard InChI is InChI=1S/C15H20ClN3O/c1-9-11(6-7-14(16)17-9)19-15(20)13-8-10-4-2-3-5-12(10)18-13/h6-7,10,12-13,18H,2-5,8H2,1H3,(H,19,20). The van der Waals surface area contributed by atoms with Gasteiger partial charge in [-0.25, -0.2) is 4.98 Å². The number of aryl methyl sites for hydroxylation is 1. The van der Waals surface area contributed by atoms with Crippen molar-refractivity contribution in [1.29, 1.82) is 0 Å². The summed E-state index contributed by atoms with van der Waals surface area (Å²) in [6.45, 7) is 1.85. The number of nitrogens with zero attached hydrogens (tertiary/aromatic N) is 1. The van der Waals surface area contributed by atoms with Crippen LogP contribution in [0.4, 0.5) is 5.69 Å². The molecular formula is C15H20ClN3O. The number of hydrogen-bond donors (Lipinski definition) is 2. The van der Waals surface area contributed by atoms with Gasteiger partial charge in [0, 0.05) is 6.04 Å². The molecule has 1 aromatic heterocycles. The highest BCUT2D eigenvalue weighted by Crippen LogP contribution is 2.33. The van der Waals surface area contributed by atoms with Gasteiger partial charge in [-0.15, -0.1) is 0 Å². The Morgan fingerprint density at radius 2 is 2.20 bits per heavy atom. The molecule has 0 aromatic carbocycles. The van der Waals surface area contributed by atoms with E-state index in [4.69, 9.17) is 11.6 Å². The summed E-state index contributed by atoms with van der Waals surface area (Å²) >= 11 is 5.83. The van der Waals surface area contributed by atoms with Gasteiger partial charge in [0.05, 0.1) is 17.4 Å². The molecule has 3 atom stereocenters. The Balaban J connectivity index is 1.65. The van der Waals surface area contributed by atoms with E-state index >= 15 is 0 Å². The van der Waals surface area contributed by atoms with Crippen LogP contribution in [0.5, 0.6) is 0 Å². The van der Waals surface area contributed by atoms with Gasteiger partial charge < -0.3 is 10.6 Å². The molecule has 108 valence electrons. The summed E-state index contributed by atoms with van der Waals surface area (Å²) in [6, 6.07) is 3.97. The van der Waals surface area contributed by atoms with Crippen LogP contribution in [0, 0.1) is 12.8 Å². The average Bonchev–Trinajstić information content (AvgIpc) is 2.86. The Morgan fingerprint density at radius 1 is 1.40 bits per heavy atom. The van der Waals surface area contributed by atoms with Gasteiger partial charge in [0.2, 0.25) is 5.91 Å². The van der Waals surface area contributed by atoms with E-state index in [0.29, 0.717) is 17.1 Å². The summed E-state index contributed by atoms with van der Waals surface area (Å²) in [5.74, 6) is 0.718. The molecule has 0 spiro atoms. The fraction of sp³-hybridized carbons (Fsp3) is 0.600. The predicted molar refractivity (Wildman–Crippen MR) is 79.9 cm³/mol. The van der Waals surface area contributed by atoms with Crippen LogP contribution >= 0.6 is 11.6 Å². The van der Waals surface area contributed by atoms with Crippen molar-refractivity contribution >= 4 is 23.2 Å². The van der Waals surface area contributed by atoms with Crippen LogP contribution < -0.4 is 10.6 Å². The van der Waals surface area contributed by atoms with E-state index in [2.05, 4.69) is 15.6 Å². The summed E-state index contributed by atoms with van der Waals surface area (Å²) in [4.78, 5) is 16.5. The number of carbonyl (C=O) groups excluding carboxylic acids is 1. The average molecular weight is 294 g/mol. The fourth-order valence-electron chi connectivity index (χ4n) is 3.40. The minimum absolute atomic E-state index is 0.0478. The third-order valence-corrected chi connectivity index (χ3v) is 4.70. The van der Waals surface area contributed by atoms with E-state index in [0.717, 1.165) is 17.8 Å². The first-order chi connectivity index (χ1) is 9.63. The van der Waals surface area contributed by atoms with Crippen molar-refractivity contribution < 1.29 is 4.79 Å². The Hall–Kier alpha value is -1.13. The smallest absolute Gasteiger partial charge is 0.241 e. The molecule has 4 nitrogen and oxygen atoms in total. The zero-order valence-electron chi connectivity index (χ0n) is 11.7. The largest absolute Gasteiger partial charge is 0.323 e. The lowest BCUT2D eigenvalue weighted by Gasteiger charge is -2.24. The van der Waals surface area contributed by atoms with Crippen molar-refractivity contribution in [3.63, 3.8) is 0 Å². The molecule has 2 N–H and O–H groups in total. The van der Waals surface area contributed by atoms with Crippen LogP contribution in [-0.4, -0.2) is 23.0 Å². The monoisotopic (exact) mass is 293 g/mol. The van der Waals surface area contributed by atoms with Gasteiger partial charge in [-0.3, -0.25) is 4.79 Å². The SMILES string of the molecule is Cc1nc(Cl)ccc1NC(=O)C1CC2CCCCC2N1. The van der Waals surface area contributed by atoms with Crippen LogP contribution in [0.1, 0.15) is 37.8 Å². The highest BCUT2D eigenvalue weighted by Gasteiger charge is 2.38. The molecule has 3 rings (SSSR count). The van der Waals surface area contributed by atoms with Crippen LogP contribution in [0.3, 0.4) is 0 Å². The summed E-state index contributed by atoms with van der Waals surface area (Å²) in [5.41, 5.74) is 1.50. The Labute approximate surface area is 124 Å². The van der Waals surface area contributed by atoms with Gasteiger partial charge in [-0.1, -0.05) is 24.4 Å². The van der Waals surface area contributed by atoms with E-state index in [9.17, 15) is 4.79 Å². The first-order valence-electron chi connectivity index (χ1n) is 7.33. The van der Waals surface area contributed by atoms with Crippen molar-refractivity contribution in [2.75, 3.05) is 5.32 Å². The summed E-state index contributed by atoms with van der Waals surface area (Å²) < 4.78 is 0. The maximum Gasteiger partial charge on any atom is 0.241 e. The van der Waals surface area contributed by atoms with Crippen LogP contribution in [0.2, 0.25) is 5.15 Å². The van der Waals surface area contributed by atoms with Crippen molar-refractivity contribution in [3.8, 4) is 0 Å². The molecule has 20 heavy (non-hydrogen) atoms. The zero-order chi connectivity index (χ0) is 14.1. The number of aromatic nitrogens is 1. The second-order valence-electron chi connectivity index (χ2n) is 5.86. The number of anilines is 1. The van der Waals surface area contributed by atoms with Gasteiger partial charge in [-0.05, 0) is 44.2 Å². The van der Waals surface area contributed by atoms with Crippen molar-refractivity contribution in [3.05, 3.63) is 23.0 Å². The molecule has 1 aliphatic heterocycles. The third-order valence-electron chi connectivity index (χ3n) is 4.49. The van der Waals surface area contributed by atoms with Crippen molar-refractivity contribution in [2.45, 2.75) is 51.1 Å². The number of hydrogen-bond acceptors (Lipinski definition) is 3. The van der Waals surface area contributed by atoms with E-state index < -0.39 is 0 Å². The molecular weight excluding hydrogens is 274 g/mol. The van der Waals surface area contributed by atoms with Crippen LogP contribution in [-0.2, 0) is 4.79 Å². The lowest BCUT2D eigenvalue weighted by Crippen LogP contribution is -2.40. The zero-order valence-corrected chi connectivity index (χ0v) is 12.4. The van der Waals surface area contributed by atoms with Crippen molar-refractivity contribution in [2.24, 2.45) is 5.92 Å². The second kappa shape index (κ2) is 5.70. The quantitative estimate of drug-likeness (QED) is 0.825. The molecule has 0 radical (unpaired) electrons. The lowest BCUT2D eigenvalue weighted by atomic mass is 9.85. The molecule has 5 heteroatoms. The van der Waals surface area contributed by atoms with Gasteiger partial charge >= 0.3 is 0 Å². The van der Waals surface area contributed by atoms with Gasteiger partial charge in [0.1, 0.15) is 5.15 Å². The minimum Gasteiger partial charge on any atom is -0.323 e. The Morgan fingerprint density at radius 3 is 2.95 bits per heavy atom. The maximum absolute atomic E-state index is 12.4. The maximum atomic E-state index is 12.4. The predicted octanol–water partition coefficient (Wildman–Crippen LogP) is 2.90. The molecule has 1 saturated carbocycles. The van der Waals surface area contributed by atoms with E-state index in [1.807, 2.05) is 13.0 Å². The number of rotatable bonds is 2. The van der Waals surface area contributed by atoms with Gasteiger partial charge in [-0.2, -0.15) is 0 Å². The molecule has 3 unspecified atom stereocenters. The minimum atomic E-state index is -0.0711. The van der Waals surface area contributed by atoms with E-state index in [1.54, 1.807) is 6.07 Å². The first-order valence-corrected chi connectivity index (χ1v) is 7.71. The third kappa shape index (κ3) is 2.81. The van der Waals surface area contributed by atoms with Crippen molar-refractivity contribution in [1.82, 2.24) is 10.3 Å². The summed E-state index contributed by atoms with van der Waals surface area (Å²) in [6.07, 6.45) is 6.00. The normalized spacial score (nSPS) is 29.0. The second-order valence-corrected chi connectivity index (χ2v) is 6.25. The number of amides is 1. The topological polar surface area (TPSA) is 54.0 Å². The van der Waals surface area contributed by atoms with Crippen LogP contribution in [0.15, 0.2) is 12.1 Å². The molecule has 1 aromatic rings. The number of carbonyl (C=O) groups is 1. The fourth-order valence-corrected chi connectivity index (χ4v) is 3.59. The molecule has 1 saturated heterocycles. The van der Waals surface area contributed by atoms with Gasteiger partial charge in [0.15, 0.2) is 0 Å². The first kappa shape index (κ1) is 13.8. The van der Waals surface area contributed by atoms with E-state index in [1.165, 1.54) is 25.7 Å². The number of fused-ring (bicyclic) bond motifs is 1. The van der Waals surface area contributed by atoms with Crippen LogP contribution in [0.25, 0.3) is 0 Å². The van der Waals surface area contributed by atoms with E-state index in [-0.39, 0.29) is 11.9 Å². The Kier molecular flexibility index (Phi) is 3.94. The molecule has 2 aliphatic rings. The number of nitrogens with one attached hydrogen (secondary N) is 2. The highest BCUT2D eigenvalue weighted by molar-refractivity contribution is 6.29.